The molecular weight excluding hydrogens is 363 g/mol. The number of nitrogens with zero attached hydrogens (tertiary/aromatic N) is 3. The molecule has 0 atom stereocenters. The summed E-state index contributed by atoms with van der Waals surface area (Å²) in [6, 6.07) is 9.35. The zero-order chi connectivity index (χ0) is 20.4. The number of nitrogens with one attached hydrogen (secondary N) is 1. The van der Waals surface area contributed by atoms with E-state index in [4.69, 9.17) is 0 Å². The van der Waals surface area contributed by atoms with Crippen LogP contribution in [0.2, 0.25) is 0 Å². The van der Waals surface area contributed by atoms with Crippen molar-refractivity contribution in [1.29, 1.82) is 0 Å². The Morgan fingerprint density at radius 1 is 1.07 bits per heavy atom. The first kappa shape index (κ1) is 19.2. The van der Waals surface area contributed by atoms with E-state index in [0.717, 1.165) is 22.9 Å². The predicted molar refractivity (Wildman–Crippen MR) is 101 cm³/mol. The molecule has 1 aromatic heterocycles. The van der Waals surface area contributed by atoms with Crippen LogP contribution < -0.4 is 5.32 Å². The Hall–Kier alpha value is -3.55. The molecule has 0 spiro atoms. The lowest BCUT2D eigenvalue weighted by Gasteiger charge is -2.07. The van der Waals surface area contributed by atoms with E-state index in [1.165, 1.54) is 24.0 Å². The van der Waals surface area contributed by atoms with E-state index in [1.54, 1.807) is 6.92 Å². The van der Waals surface area contributed by atoms with Gasteiger partial charge in [-0.3, -0.25) is 4.79 Å². The molecule has 144 valence electrons. The van der Waals surface area contributed by atoms with Gasteiger partial charge in [0.25, 0.3) is 5.91 Å². The molecule has 0 radical (unpaired) electrons. The van der Waals surface area contributed by atoms with Gasteiger partial charge in [0.05, 0.1) is 29.7 Å². The van der Waals surface area contributed by atoms with E-state index in [0.29, 0.717) is 5.69 Å². The largest absolute Gasteiger partial charge is 0.465 e. The van der Waals surface area contributed by atoms with E-state index in [9.17, 15) is 14.0 Å². The summed E-state index contributed by atoms with van der Waals surface area (Å²) in [5.41, 5.74) is 3.22. The van der Waals surface area contributed by atoms with Gasteiger partial charge in [0.15, 0.2) is 5.69 Å². The summed E-state index contributed by atoms with van der Waals surface area (Å²) in [6.45, 7) is 5.55. The molecule has 3 rings (SSSR count). The van der Waals surface area contributed by atoms with Crippen LogP contribution in [-0.2, 0) is 4.74 Å². The third kappa shape index (κ3) is 3.75. The normalized spacial score (nSPS) is 10.6. The van der Waals surface area contributed by atoms with Crippen LogP contribution in [0.1, 0.15) is 37.7 Å². The first-order valence-electron chi connectivity index (χ1n) is 8.51. The number of benzene rings is 2. The number of anilines is 1. The highest BCUT2D eigenvalue weighted by molar-refractivity contribution is 6.04. The van der Waals surface area contributed by atoms with Crippen molar-refractivity contribution in [2.45, 2.75) is 20.8 Å². The number of halogens is 1. The number of hydrogen-bond acceptors (Lipinski definition) is 5. The smallest absolute Gasteiger partial charge is 0.337 e. The van der Waals surface area contributed by atoms with Crippen LogP contribution in [0.15, 0.2) is 36.4 Å². The average molecular weight is 382 g/mol. The van der Waals surface area contributed by atoms with Crippen molar-refractivity contribution in [2.24, 2.45) is 0 Å². The van der Waals surface area contributed by atoms with Crippen LogP contribution in [0, 0.1) is 26.6 Å². The first-order valence-corrected chi connectivity index (χ1v) is 8.51. The monoisotopic (exact) mass is 382 g/mol. The Labute approximate surface area is 161 Å². The topological polar surface area (TPSA) is 86.1 Å². The lowest BCUT2D eigenvalue weighted by Crippen LogP contribution is -2.16. The number of ether oxygens (including phenoxy) is 1. The number of amides is 1. The Morgan fingerprint density at radius 3 is 2.50 bits per heavy atom. The van der Waals surface area contributed by atoms with Crippen LogP contribution >= 0.6 is 0 Å². The summed E-state index contributed by atoms with van der Waals surface area (Å²) >= 11 is 0. The van der Waals surface area contributed by atoms with Crippen LogP contribution in [0.4, 0.5) is 10.1 Å². The number of methoxy groups -OCH3 is 1. The van der Waals surface area contributed by atoms with Crippen molar-refractivity contribution in [3.05, 3.63) is 70.3 Å². The van der Waals surface area contributed by atoms with Crippen LogP contribution in [0.5, 0.6) is 0 Å². The number of rotatable bonds is 4. The summed E-state index contributed by atoms with van der Waals surface area (Å²) in [7, 11) is 1.22. The van der Waals surface area contributed by atoms with Crippen LogP contribution in [-0.4, -0.2) is 34.0 Å². The fraction of sp³-hybridized carbons (Fsp3) is 0.200. The molecule has 28 heavy (non-hydrogen) atoms. The molecule has 2 aromatic carbocycles. The molecule has 0 aliphatic rings. The number of esters is 1. The second-order valence-electron chi connectivity index (χ2n) is 6.35. The molecule has 0 aliphatic heterocycles. The van der Waals surface area contributed by atoms with Crippen molar-refractivity contribution in [2.75, 3.05) is 12.4 Å². The van der Waals surface area contributed by atoms with Gasteiger partial charge in [0.1, 0.15) is 5.82 Å². The lowest BCUT2D eigenvalue weighted by molar-refractivity contribution is 0.0600. The van der Waals surface area contributed by atoms with Crippen LogP contribution in [0.3, 0.4) is 0 Å². The van der Waals surface area contributed by atoms with Gasteiger partial charge in [0, 0.05) is 0 Å². The zero-order valence-electron chi connectivity index (χ0n) is 15.9. The highest BCUT2D eigenvalue weighted by Gasteiger charge is 2.19. The highest BCUT2D eigenvalue weighted by atomic mass is 19.1. The Kier molecular flexibility index (Phi) is 5.21. The summed E-state index contributed by atoms with van der Waals surface area (Å²) in [6.07, 6.45) is 0. The van der Waals surface area contributed by atoms with Gasteiger partial charge in [-0.15, -0.1) is 5.10 Å². The standard InChI is InChI=1S/C20H19FN4O3/c1-11-5-8-17(12(2)9-11)25-23-13(3)18(24-25)19(26)22-16-10-14(20(27)28-4)6-7-15(16)21/h5-10H,1-4H3,(H,22,26). The van der Waals surface area contributed by atoms with Gasteiger partial charge < -0.3 is 10.1 Å². The van der Waals surface area contributed by atoms with E-state index >= 15 is 0 Å². The Balaban J connectivity index is 1.90. The molecule has 0 aliphatic carbocycles. The molecule has 1 heterocycles. The molecule has 1 amide bonds. The maximum Gasteiger partial charge on any atom is 0.337 e. The van der Waals surface area contributed by atoms with Crippen LogP contribution in [0.25, 0.3) is 5.69 Å². The second kappa shape index (κ2) is 7.59. The van der Waals surface area contributed by atoms with Crippen molar-refractivity contribution >= 4 is 17.6 Å². The summed E-state index contributed by atoms with van der Waals surface area (Å²) in [4.78, 5) is 25.6. The fourth-order valence-corrected chi connectivity index (χ4v) is 2.77. The lowest BCUT2D eigenvalue weighted by atomic mass is 10.1. The van der Waals surface area contributed by atoms with Gasteiger partial charge in [-0.2, -0.15) is 9.90 Å². The van der Waals surface area contributed by atoms with E-state index in [-0.39, 0.29) is 16.9 Å². The Bertz CT molecular complexity index is 1080. The number of aromatic nitrogens is 3. The molecule has 7 nitrogen and oxygen atoms in total. The zero-order valence-corrected chi connectivity index (χ0v) is 15.9. The van der Waals surface area contributed by atoms with Crippen molar-refractivity contribution < 1.29 is 18.7 Å². The van der Waals surface area contributed by atoms with Crippen molar-refractivity contribution in [3.8, 4) is 5.69 Å². The fourth-order valence-electron chi connectivity index (χ4n) is 2.77. The number of aryl methyl sites for hydroxylation is 3. The number of carbonyl (C=O) groups is 2. The maximum atomic E-state index is 14.1. The molecule has 0 fully saturated rings. The average Bonchev–Trinajstić information content (AvgIpc) is 3.04. The van der Waals surface area contributed by atoms with Gasteiger partial charge in [0.2, 0.25) is 0 Å². The van der Waals surface area contributed by atoms with E-state index in [1.807, 2.05) is 32.0 Å². The van der Waals surface area contributed by atoms with Gasteiger partial charge in [-0.05, 0) is 50.6 Å². The predicted octanol–water partition coefficient (Wildman–Crippen LogP) is 3.37. The van der Waals surface area contributed by atoms with E-state index < -0.39 is 17.7 Å². The second-order valence-corrected chi connectivity index (χ2v) is 6.35. The minimum atomic E-state index is -0.680. The van der Waals surface area contributed by atoms with E-state index in [2.05, 4.69) is 20.3 Å². The Morgan fingerprint density at radius 2 is 1.82 bits per heavy atom. The van der Waals surface area contributed by atoms with Gasteiger partial charge >= 0.3 is 5.97 Å². The van der Waals surface area contributed by atoms with Gasteiger partial charge in [-0.25, -0.2) is 9.18 Å². The molecule has 0 bridgehead atoms. The molecular formula is C20H19FN4O3. The number of hydrogen-bond donors (Lipinski definition) is 1. The molecule has 3 aromatic rings. The molecule has 0 saturated heterocycles. The summed E-state index contributed by atoms with van der Waals surface area (Å²) in [5.74, 6) is -1.94. The third-order valence-corrected chi connectivity index (χ3v) is 4.20. The molecule has 0 unspecified atom stereocenters. The third-order valence-electron chi connectivity index (χ3n) is 4.20. The first-order chi connectivity index (χ1) is 13.3. The minimum Gasteiger partial charge on any atom is -0.465 e. The molecule has 1 N–H and O–H groups in total. The highest BCUT2D eigenvalue weighted by Crippen LogP contribution is 2.19. The van der Waals surface area contributed by atoms with Crippen molar-refractivity contribution in [3.63, 3.8) is 0 Å². The molecule has 8 heteroatoms. The van der Waals surface area contributed by atoms with Crippen molar-refractivity contribution in [1.82, 2.24) is 15.0 Å². The summed E-state index contributed by atoms with van der Waals surface area (Å²) < 4.78 is 18.7. The minimum absolute atomic E-state index is 0.0582. The quantitative estimate of drug-likeness (QED) is 0.699. The molecule has 0 saturated carbocycles. The SMILES string of the molecule is COC(=O)c1ccc(F)c(NC(=O)c2nn(-c3ccc(C)cc3C)nc2C)c1. The maximum absolute atomic E-state index is 14.1. The summed E-state index contributed by atoms with van der Waals surface area (Å²) in [5, 5.41) is 11.0. The number of carbonyl (C=O) groups excluding carboxylic acids is 2. The van der Waals surface area contributed by atoms with Gasteiger partial charge in [-0.1, -0.05) is 17.7 Å².